The molecule has 8 heteroatoms. The lowest BCUT2D eigenvalue weighted by molar-refractivity contribution is -0.385. The lowest BCUT2D eigenvalue weighted by Crippen LogP contribution is -2.35. The van der Waals surface area contributed by atoms with Crippen LogP contribution < -0.4 is 0 Å². The van der Waals surface area contributed by atoms with Crippen LogP contribution in [-0.4, -0.2) is 28.9 Å². The molecule has 0 bridgehead atoms. The Labute approximate surface area is 109 Å². The van der Waals surface area contributed by atoms with Gasteiger partial charge in [-0.1, -0.05) is 23.7 Å². The summed E-state index contributed by atoms with van der Waals surface area (Å²) in [5.41, 5.74) is -0.167. The van der Waals surface area contributed by atoms with E-state index in [0.717, 1.165) is 19.2 Å². The van der Waals surface area contributed by atoms with Gasteiger partial charge in [-0.05, 0) is 12.5 Å². The molecule has 0 aliphatic carbocycles. The van der Waals surface area contributed by atoms with Gasteiger partial charge in [-0.15, -0.1) is 0 Å². The number of hydrogen-bond donors (Lipinski definition) is 1. The van der Waals surface area contributed by atoms with Crippen molar-refractivity contribution in [3.05, 3.63) is 39.9 Å². The van der Waals surface area contributed by atoms with Crippen LogP contribution in [0, 0.1) is 10.1 Å². The smallest absolute Gasteiger partial charge is 0.269 e. The highest BCUT2D eigenvalue weighted by molar-refractivity contribution is 7.93. The molecule has 0 heterocycles. The average molecular weight is 294 g/mol. The summed E-state index contributed by atoms with van der Waals surface area (Å²) in [6.45, 7) is 1.15. The van der Waals surface area contributed by atoms with Crippen molar-refractivity contribution in [1.29, 1.82) is 0 Å². The van der Waals surface area contributed by atoms with Gasteiger partial charge < -0.3 is 5.11 Å². The zero-order chi connectivity index (χ0) is 14.1. The van der Waals surface area contributed by atoms with Crippen LogP contribution in [0.3, 0.4) is 0 Å². The summed E-state index contributed by atoms with van der Waals surface area (Å²) in [4.78, 5) is 9.96. The monoisotopic (exact) mass is 293 g/mol. The van der Waals surface area contributed by atoms with Gasteiger partial charge in [0.1, 0.15) is 6.10 Å². The van der Waals surface area contributed by atoms with Crippen molar-refractivity contribution in [3.63, 3.8) is 0 Å². The second kappa shape index (κ2) is 4.83. The molecule has 0 unspecified atom stereocenters. The summed E-state index contributed by atoms with van der Waals surface area (Å²) in [5, 5.41) is 20.6. The van der Waals surface area contributed by atoms with Crippen LogP contribution in [0.5, 0.6) is 0 Å². The van der Waals surface area contributed by atoms with Crippen molar-refractivity contribution in [2.75, 3.05) is 6.26 Å². The van der Waals surface area contributed by atoms with Crippen LogP contribution in [0.15, 0.2) is 24.3 Å². The van der Waals surface area contributed by atoms with Gasteiger partial charge >= 0.3 is 0 Å². The van der Waals surface area contributed by atoms with E-state index < -0.39 is 25.1 Å². The fourth-order valence-electron chi connectivity index (χ4n) is 1.31. The first-order valence-electron chi connectivity index (χ1n) is 4.88. The number of nitrogens with zero attached hydrogens (tertiary/aromatic N) is 1. The number of nitro benzene ring substituents is 1. The van der Waals surface area contributed by atoms with E-state index in [1.807, 2.05) is 0 Å². The first-order chi connectivity index (χ1) is 8.07. The Hall–Kier alpha value is -1.18. The van der Waals surface area contributed by atoms with Crippen LogP contribution >= 0.6 is 11.6 Å². The first kappa shape index (κ1) is 14.9. The van der Waals surface area contributed by atoms with Crippen LogP contribution in [0.4, 0.5) is 5.69 Å². The third kappa shape index (κ3) is 2.80. The number of sulfone groups is 1. The minimum absolute atomic E-state index is 0.0760. The molecule has 0 spiro atoms. The zero-order valence-electron chi connectivity index (χ0n) is 9.70. The van der Waals surface area contributed by atoms with Gasteiger partial charge in [-0.25, -0.2) is 8.42 Å². The van der Waals surface area contributed by atoms with Crippen molar-refractivity contribution in [3.8, 4) is 0 Å². The Morgan fingerprint density at radius 1 is 1.50 bits per heavy atom. The summed E-state index contributed by atoms with van der Waals surface area (Å²) >= 11 is 5.82. The lowest BCUT2D eigenvalue weighted by atomic mass is 10.1. The van der Waals surface area contributed by atoms with E-state index >= 15 is 0 Å². The zero-order valence-corrected chi connectivity index (χ0v) is 11.3. The quantitative estimate of drug-likeness (QED) is 0.517. The van der Waals surface area contributed by atoms with E-state index in [1.165, 1.54) is 18.2 Å². The van der Waals surface area contributed by atoms with Gasteiger partial charge in [-0.2, -0.15) is 0 Å². The number of hydrogen-bond acceptors (Lipinski definition) is 5. The predicted molar refractivity (Wildman–Crippen MR) is 67.2 cm³/mol. The molecule has 0 saturated heterocycles. The van der Waals surface area contributed by atoms with Crippen molar-refractivity contribution < 1.29 is 18.4 Å². The third-order valence-corrected chi connectivity index (χ3v) is 5.33. The van der Waals surface area contributed by atoms with Crippen molar-refractivity contribution in [2.24, 2.45) is 0 Å². The number of halogens is 1. The van der Waals surface area contributed by atoms with E-state index in [2.05, 4.69) is 0 Å². The Morgan fingerprint density at radius 2 is 2.06 bits per heavy atom. The number of nitro groups is 1. The molecule has 6 nitrogen and oxygen atoms in total. The van der Waals surface area contributed by atoms with Gasteiger partial charge in [0.15, 0.2) is 14.0 Å². The largest absolute Gasteiger partial charge is 0.385 e. The molecular formula is C10H12ClNO5S. The van der Waals surface area contributed by atoms with Gasteiger partial charge in [-0.3, -0.25) is 10.1 Å². The highest BCUT2D eigenvalue weighted by Crippen LogP contribution is 2.36. The van der Waals surface area contributed by atoms with E-state index in [4.69, 9.17) is 11.6 Å². The Bertz CT molecular complexity index is 569. The van der Waals surface area contributed by atoms with E-state index in [0.29, 0.717) is 0 Å². The highest BCUT2D eigenvalue weighted by atomic mass is 35.5. The van der Waals surface area contributed by atoms with Crippen LogP contribution in [0.1, 0.15) is 18.6 Å². The van der Waals surface area contributed by atoms with Crippen molar-refractivity contribution >= 4 is 27.1 Å². The topological polar surface area (TPSA) is 97.5 Å². The SMILES string of the molecule is C[C@@](Cl)([C@H](O)c1cccc([N+](=O)[O-])c1)S(C)(=O)=O. The summed E-state index contributed by atoms with van der Waals surface area (Å²) in [7, 11) is -3.74. The minimum Gasteiger partial charge on any atom is -0.385 e. The summed E-state index contributed by atoms with van der Waals surface area (Å²) in [6.07, 6.45) is -0.672. The molecular weight excluding hydrogens is 282 g/mol. The number of non-ortho nitro benzene ring substituents is 1. The molecule has 0 aromatic heterocycles. The Balaban J connectivity index is 3.23. The Morgan fingerprint density at radius 3 is 2.50 bits per heavy atom. The molecule has 0 aliphatic rings. The fraction of sp³-hybridized carbons (Fsp3) is 0.400. The first-order valence-corrected chi connectivity index (χ1v) is 7.15. The van der Waals surface area contributed by atoms with Crippen LogP contribution in [0.2, 0.25) is 0 Å². The molecule has 2 atom stereocenters. The Kier molecular flexibility index (Phi) is 3.99. The summed E-state index contributed by atoms with van der Waals surface area (Å²) in [6, 6.07) is 5.06. The predicted octanol–water partition coefficient (Wildman–Crippen LogP) is 1.63. The molecule has 0 saturated carbocycles. The maximum absolute atomic E-state index is 11.5. The maximum Gasteiger partial charge on any atom is 0.269 e. The summed E-state index contributed by atoms with van der Waals surface area (Å²) in [5.74, 6) is 0. The molecule has 1 rings (SSSR count). The minimum atomic E-state index is -3.74. The number of rotatable bonds is 4. The highest BCUT2D eigenvalue weighted by Gasteiger charge is 2.42. The maximum atomic E-state index is 11.5. The second-order valence-electron chi connectivity index (χ2n) is 4.01. The van der Waals surface area contributed by atoms with Crippen LogP contribution in [-0.2, 0) is 9.84 Å². The molecule has 0 radical (unpaired) electrons. The van der Waals surface area contributed by atoms with Crippen molar-refractivity contribution in [1.82, 2.24) is 0 Å². The molecule has 0 fully saturated rings. The normalized spacial score (nSPS) is 16.9. The number of aliphatic hydroxyl groups excluding tert-OH is 1. The van der Waals surface area contributed by atoms with Gasteiger partial charge in [0.2, 0.25) is 0 Å². The summed E-state index contributed by atoms with van der Waals surface area (Å²) < 4.78 is 21.0. The van der Waals surface area contributed by atoms with E-state index in [-0.39, 0.29) is 11.3 Å². The molecule has 0 aliphatic heterocycles. The molecule has 1 aromatic rings. The van der Waals surface area contributed by atoms with Gasteiger partial charge in [0.05, 0.1) is 4.92 Å². The number of aliphatic hydroxyl groups is 1. The van der Waals surface area contributed by atoms with Crippen LogP contribution in [0.25, 0.3) is 0 Å². The molecule has 100 valence electrons. The number of benzene rings is 1. The molecule has 1 N–H and O–H groups in total. The van der Waals surface area contributed by atoms with Gasteiger partial charge in [0.25, 0.3) is 5.69 Å². The number of alkyl halides is 1. The molecule has 0 amide bonds. The molecule has 18 heavy (non-hydrogen) atoms. The average Bonchev–Trinajstić information content (AvgIpc) is 2.26. The third-order valence-electron chi connectivity index (χ3n) is 2.61. The van der Waals surface area contributed by atoms with E-state index in [9.17, 15) is 23.6 Å². The lowest BCUT2D eigenvalue weighted by Gasteiger charge is -2.26. The second-order valence-corrected chi connectivity index (χ2v) is 7.41. The van der Waals surface area contributed by atoms with Crippen molar-refractivity contribution in [2.45, 2.75) is 17.2 Å². The fourth-order valence-corrected chi connectivity index (χ4v) is 1.98. The molecule has 1 aromatic carbocycles. The van der Waals surface area contributed by atoms with E-state index in [1.54, 1.807) is 0 Å². The standard InChI is InChI=1S/C10H12ClNO5S/c1-10(11,18(2,16)17)9(13)7-4-3-5-8(6-7)12(14)15/h3-6,9,13H,1-2H3/t9-,10+/m1/s1. The van der Waals surface area contributed by atoms with Gasteiger partial charge in [0, 0.05) is 18.4 Å².